The van der Waals surface area contributed by atoms with Crippen LogP contribution in [0, 0.1) is 0 Å². The molecule has 8 nitrogen and oxygen atoms in total. The van der Waals surface area contributed by atoms with E-state index in [1.54, 1.807) is 36.9 Å². The van der Waals surface area contributed by atoms with Gasteiger partial charge in [0.25, 0.3) is 0 Å². The average molecular weight is 491 g/mol. The van der Waals surface area contributed by atoms with Crippen LogP contribution in [-0.2, 0) is 28.4 Å². The first-order valence-electron chi connectivity index (χ1n) is 10.6. The van der Waals surface area contributed by atoms with Crippen molar-refractivity contribution < 1.29 is 37.9 Å². The highest BCUT2D eigenvalue weighted by Gasteiger charge is 2.15. The van der Waals surface area contributed by atoms with Crippen LogP contribution in [-0.4, -0.2) is 93.5 Å². The monoisotopic (exact) mass is 490 g/mol. The lowest BCUT2D eigenvalue weighted by Gasteiger charge is -2.10. The Hall–Kier alpha value is -1.24. The van der Waals surface area contributed by atoms with Crippen molar-refractivity contribution in [2.24, 2.45) is 0 Å². The summed E-state index contributed by atoms with van der Waals surface area (Å²) < 4.78 is 43.5. The molecule has 182 valence electrons. The zero-order valence-electron chi connectivity index (χ0n) is 18.9. The van der Waals surface area contributed by atoms with Gasteiger partial charge in [0.2, 0.25) is 0 Å². The van der Waals surface area contributed by atoms with Crippen LogP contribution in [0.1, 0.15) is 0 Å². The van der Waals surface area contributed by atoms with E-state index in [0.29, 0.717) is 79.3 Å². The molecule has 0 unspecified atom stereocenters. The molecular formula is C22H34O8S2. The average Bonchev–Trinajstić information content (AvgIpc) is 3.46. The number of ether oxygens (including phenoxy) is 8. The number of methoxy groups -OCH3 is 2. The number of hydrogen-bond donors (Lipinski definition) is 0. The highest BCUT2D eigenvalue weighted by molar-refractivity contribution is 7.21. The molecule has 0 saturated heterocycles. The maximum Gasteiger partial charge on any atom is 0.138 e. The van der Waals surface area contributed by atoms with E-state index in [-0.39, 0.29) is 0 Å². The normalized spacial score (nSPS) is 11.2. The molecule has 0 saturated carbocycles. The van der Waals surface area contributed by atoms with Crippen LogP contribution in [0.2, 0.25) is 0 Å². The zero-order chi connectivity index (χ0) is 22.7. The fourth-order valence-corrected chi connectivity index (χ4v) is 4.35. The van der Waals surface area contributed by atoms with Gasteiger partial charge in [-0.15, -0.1) is 22.7 Å². The molecule has 0 spiro atoms. The molecule has 0 aliphatic carbocycles. The van der Waals surface area contributed by atoms with Crippen LogP contribution in [0.25, 0.3) is 9.75 Å². The number of thiophene rings is 2. The van der Waals surface area contributed by atoms with Crippen molar-refractivity contribution in [3.63, 3.8) is 0 Å². The second kappa shape index (κ2) is 18.2. The van der Waals surface area contributed by atoms with Crippen LogP contribution >= 0.6 is 22.7 Å². The molecule has 0 aromatic carbocycles. The van der Waals surface area contributed by atoms with Gasteiger partial charge in [0, 0.05) is 14.2 Å². The third-order valence-corrected chi connectivity index (χ3v) is 6.00. The Balaban J connectivity index is 1.63. The Bertz CT molecular complexity index is 633. The molecule has 0 aliphatic rings. The van der Waals surface area contributed by atoms with Gasteiger partial charge >= 0.3 is 0 Å². The van der Waals surface area contributed by atoms with Crippen LogP contribution in [0.15, 0.2) is 22.9 Å². The molecule has 2 aromatic rings. The summed E-state index contributed by atoms with van der Waals surface area (Å²) in [4.78, 5) is 2.12. The Morgan fingerprint density at radius 2 is 0.844 bits per heavy atom. The van der Waals surface area contributed by atoms with E-state index in [1.807, 2.05) is 22.9 Å². The van der Waals surface area contributed by atoms with Gasteiger partial charge in [0.05, 0.1) is 75.8 Å². The Labute approximate surface area is 198 Å². The molecule has 0 bridgehead atoms. The number of rotatable bonds is 21. The quantitative estimate of drug-likeness (QED) is 0.246. The molecule has 0 radical (unpaired) electrons. The smallest absolute Gasteiger partial charge is 0.138 e. The van der Waals surface area contributed by atoms with E-state index in [2.05, 4.69) is 0 Å². The van der Waals surface area contributed by atoms with Crippen LogP contribution in [0.4, 0.5) is 0 Å². The Morgan fingerprint density at radius 3 is 1.22 bits per heavy atom. The predicted molar refractivity (Wildman–Crippen MR) is 126 cm³/mol. The topological polar surface area (TPSA) is 73.8 Å². The van der Waals surface area contributed by atoms with Crippen molar-refractivity contribution >= 4 is 22.7 Å². The van der Waals surface area contributed by atoms with Gasteiger partial charge in [-0.1, -0.05) is 0 Å². The minimum Gasteiger partial charge on any atom is -0.490 e. The van der Waals surface area contributed by atoms with E-state index in [0.717, 1.165) is 21.3 Å². The van der Waals surface area contributed by atoms with E-state index in [9.17, 15) is 0 Å². The van der Waals surface area contributed by atoms with E-state index >= 15 is 0 Å². The Kier molecular flexibility index (Phi) is 15.4. The summed E-state index contributed by atoms with van der Waals surface area (Å²) in [5.41, 5.74) is 0. The second-order valence-electron chi connectivity index (χ2n) is 6.36. The minimum absolute atomic E-state index is 0.476. The molecule has 0 N–H and O–H groups in total. The van der Waals surface area contributed by atoms with Crippen LogP contribution < -0.4 is 9.47 Å². The van der Waals surface area contributed by atoms with Crippen molar-refractivity contribution in [1.29, 1.82) is 0 Å². The third-order valence-electron chi connectivity index (χ3n) is 4.04. The minimum atomic E-state index is 0.476. The summed E-state index contributed by atoms with van der Waals surface area (Å²) in [6, 6.07) is 3.95. The first kappa shape index (κ1) is 27.0. The highest BCUT2D eigenvalue weighted by atomic mass is 32.1. The summed E-state index contributed by atoms with van der Waals surface area (Å²) >= 11 is 3.26. The number of hydrogen-bond acceptors (Lipinski definition) is 10. The van der Waals surface area contributed by atoms with E-state index < -0.39 is 0 Å². The summed E-state index contributed by atoms with van der Waals surface area (Å²) in [5, 5.41) is 4.04. The SMILES string of the molecule is COCCOCCOCCOc1ccsc1-c1sccc1OCCOCCOCCOC. The standard InChI is InChI=1S/C22H34O8S2/c1-23-5-7-25-9-11-27-13-15-29-19-3-17-31-21(19)22-20(4-18-32-22)30-16-14-28-12-10-26-8-6-24-2/h3-4,17-18H,5-16H2,1-2H3. The zero-order valence-corrected chi connectivity index (χ0v) is 20.5. The largest absolute Gasteiger partial charge is 0.490 e. The van der Waals surface area contributed by atoms with E-state index in [4.69, 9.17) is 37.9 Å². The first-order valence-corrected chi connectivity index (χ1v) is 12.3. The third kappa shape index (κ3) is 11.1. The summed E-state index contributed by atoms with van der Waals surface area (Å²) in [5.74, 6) is 1.68. The summed E-state index contributed by atoms with van der Waals surface area (Å²) in [7, 11) is 3.30. The molecule has 0 atom stereocenters. The molecular weight excluding hydrogens is 456 g/mol. The molecule has 32 heavy (non-hydrogen) atoms. The first-order chi connectivity index (χ1) is 15.9. The predicted octanol–water partition coefficient (Wildman–Crippen LogP) is 3.59. The van der Waals surface area contributed by atoms with Gasteiger partial charge in [0.15, 0.2) is 0 Å². The molecule has 2 aromatic heterocycles. The van der Waals surface area contributed by atoms with Gasteiger partial charge in [-0.3, -0.25) is 0 Å². The molecule has 0 amide bonds. The summed E-state index contributed by atoms with van der Waals surface area (Å²) in [6.45, 7) is 6.47. The molecule has 10 heteroatoms. The maximum atomic E-state index is 5.93. The lowest BCUT2D eigenvalue weighted by Crippen LogP contribution is -2.12. The van der Waals surface area contributed by atoms with Gasteiger partial charge in [-0.2, -0.15) is 0 Å². The molecule has 2 rings (SSSR count). The van der Waals surface area contributed by atoms with Crippen molar-refractivity contribution in [3.8, 4) is 21.3 Å². The second-order valence-corrected chi connectivity index (χ2v) is 8.19. The fraction of sp³-hybridized carbons (Fsp3) is 0.636. The molecule has 2 heterocycles. The highest BCUT2D eigenvalue weighted by Crippen LogP contribution is 2.44. The lowest BCUT2D eigenvalue weighted by atomic mass is 10.3. The van der Waals surface area contributed by atoms with Gasteiger partial charge in [-0.25, -0.2) is 0 Å². The van der Waals surface area contributed by atoms with Crippen molar-refractivity contribution in [3.05, 3.63) is 22.9 Å². The van der Waals surface area contributed by atoms with Crippen molar-refractivity contribution in [2.45, 2.75) is 0 Å². The van der Waals surface area contributed by atoms with Gasteiger partial charge < -0.3 is 37.9 Å². The molecule has 0 fully saturated rings. The lowest BCUT2D eigenvalue weighted by molar-refractivity contribution is 0.0179. The maximum absolute atomic E-state index is 5.93. The van der Waals surface area contributed by atoms with Crippen molar-refractivity contribution in [1.82, 2.24) is 0 Å². The van der Waals surface area contributed by atoms with Crippen LogP contribution in [0.5, 0.6) is 11.5 Å². The van der Waals surface area contributed by atoms with Crippen LogP contribution in [0.3, 0.4) is 0 Å². The van der Waals surface area contributed by atoms with E-state index in [1.165, 1.54) is 0 Å². The fourth-order valence-electron chi connectivity index (χ4n) is 2.50. The van der Waals surface area contributed by atoms with Gasteiger partial charge in [0.1, 0.15) is 24.7 Å². The van der Waals surface area contributed by atoms with Crippen molar-refractivity contribution in [2.75, 3.05) is 93.5 Å². The summed E-state index contributed by atoms with van der Waals surface area (Å²) in [6.07, 6.45) is 0. The Morgan fingerprint density at radius 1 is 0.500 bits per heavy atom. The van der Waals surface area contributed by atoms with Gasteiger partial charge in [-0.05, 0) is 22.9 Å². The molecule has 0 aliphatic heterocycles.